The van der Waals surface area contributed by atoms with Crippen LogP contribution >= 0.6 is 57.1 Å². The summed E-state index contributed by atoms with van der Waals surface area (Å²) in [6.07, 6.45) is 49.3. The number of furan rings is 2. The van der Waals surface area contributed by atoms with Gasteiger partial charge in [0.2, 0.25) is 0 Å². The number of H-pyrrole nitrogens is 3. The molecule has 10 aliphatic rings. The highest BCUT2D eigenvalue weighted by Crippen LogP contribution is 2.43. The van der Waals surface area contributed by atoms with E-state index in [2.05, 4.69) is 149 Å². The number of nitrogens with zero attached hydrogens (tertiary/aromatic N) is 4. The Hall–Kier alpha value is -8.05. The largest absolute Gasteiger partial charge is 0.469 e. The molecule has 0 unspecified atom stereocenters. The molecule has 860 valence electrons. The number of imidazole rings is 1. The second-order valence-electron chi connectivity index (χ2n) is 26.5. The Balaban J connectivity index is -0.000000119. The van der Waals surface area contributed by atoms with Gasteiger partial charge in [-0.15, -0.1) is 57.1 Å². The minimum atomic E-state index is 0. The van der Waals surface area contributed by atoms with Gasteiger partial charge in [-0.1, -0.05) is 469 Å². The van der Waals surface area contributed by atoms with Crippen LogP contribution in [-0.4, -0.2) is 40.6 Å². The Morgan fingerprint density at radius 2 is 0.752 bits per heavy atom. The van der Waals surface area contributed by atoms with E-state index in [1.54, 1.807) is 89.0 Å². The molecule has 4 aromatic carbocycles. The number of allylic oxidation sites excluding steroid dienone is 1. The molecule has 11 heterocycles. The normalized spacial score (nSPS) is 12.3. The first-order chi connectivity index (χ1) is 73.6. The molecule has 0 amide bonds. The second-order valence-corrected chi connectivity index (χ2v) is 31.6. The zero-order valence-corrected chi connectivity index (χ0v) is 110. The predicted molar refractivity (Wildman–Crippen MR) is 699 cm³/mol. The summed E-state index contributed by atoms with van der Waals surface area (Å²) in [6.45, 7) is 96.0. The molecule has 0 spiro atoms. The van der Waals surface area contributed by atoms with E-state index in [4.69, 9.17) is 13.3 Å². The number of fused-ring (bicyclic) bond motifs is 12. The topological polar surface area (TPSA) is 138 Å². The number of aromatic amines is 3. The molecule has 14 aromatic rings. The average Bonchev–Trinajstić information content (AvgIpc) is 1.72. The van der Waals surface area contributed by atoms with Crippen molar-refractivity contribution in [2.75, 3.05) is 5.75 Å². The van der Waals surface area contributed by atoms with Crippen molar-refractivity contribution < 1.29 is 13.3 Å². The van der Waals surface area contributed by atoms with E-state index < -0.39 is 0 Å². The quantitative estimate of drug-likeness (QED) is 0.136. The number of para-hydroxylation sites is 2. The fourth-order valence-electron chi connectivity index (χ4n) is 14.6. The van der Waals surface area contributed by atoms with Gasteiger partial charge < -0.3 is 28.2 Å². The maximum absolute atomic E-state index is 5.18. The van der Waals surface area contributed by atoms with Crippen LogP contribution in [0.1, 0.15) is 500 Å². The summed E-state index contributed by atoms with van der Waals surface area (Å²) in [5.74, 6) is 5.91. The summed E-state index contributed by atoms with van der Waals surface area (Å²) in [5.41, 5.74) is 21.4. The highest BCUT2D eigenvalue weighted by molar-refractivity contribution is 8.01. The number of benzene rings is 4. The van der Waals surface area contributed by atoms with E-state index in [1.165, 1.54) is 232 Å². The van der Waals surface area contributed by atoms with E-state index >= 15 is 0 Å². The molecular formula is C134H241N7O3S5. The Bertz CT molecular complexity index is 3870. The lowest BCUT2D eigenvalue weighted by molar-refractivity contribution is 0.457. The van der Waals surface area contributed by atoms with E-state index in [9.17, 15) is 0 Å². The number of hydrogen-bond donors (Lipinski definition) is 3. The summed E-state index contributed by atoms with van der Waals surface area (Å²) in [7, 11) is 0. The third-order valence-electron chi connectivity index (χ3n) is 19.9. The lowest BCUT2D eigenvalue weighted by Gasteiger charge is -2.04. The van der Waals surface area contributed by atoms with Gasteiger partial charge in [-0.25, -0.2) is 19.9 Å². The van der Waals surface area contributed by atoms with Gasteiger partial charge >= 0.3 is 0 Å². The maximum Gasteiger partial charge on any atom is 0.181 e. The molecule has 10 nitrogen and oxygen atoms in total. The van der Waals surface area contributed by atoms with Crippen molar-refractivity contribution in [2.45, 2.75) is 511 Å². The van der Waals surface area contributed by atoms with E-state index in [1.807, 2.05) is 421 Å². The standard InChI is InChI=1S/C9H8.C8H7N.C8H6O.C8H6S.C8H14.C7H9N.C7H8O.C7H8S.C6H8N2.C6H7NO.C6H7NS.C5H5NS2.24C2H6.CH4/c1-2-5-9-7-3-6-8(9)4-1;3*1-2-4-8-7(3-1)5-6-9-8;1-3-7-5-2-6-8(7)4-1;3*1-2-6-4-5-8-7(6)3-1;3*1-2-5-6(3-1)8-4-7-5;1-2-7-5-4(1)6-3-8-5;24*1-2;/h1-6H,7H2;1-6,9H;2*1-6H;7-8H,1-6H2;4-5,8H,1-3H2;2*4-5H,1-3H2;4H,1-3H2,(H,7,8);2*4H,1-3H2;3H,1-2H2;24*1-2H3;1H4. The van der Waals surface area contributed by atoms with Gasteiger partial charge in [-0.05, 0) is 225 Å². The number of nitrogens with one attached hydrogen (secondary N) is 3. The highest BCUT2D eigenvalue weighted by Gasteiger charge is 2.31. The second kappa shape index (κ2) is 138. The lowest BCUT2D eigenvalue weighted by atomic mass is 10.0. The first-order valence-corrected chi connectivity index (χ1v) is 64.9. The zero-order valence-electron chi connectivity index (χ0n) is 105. The van der Waals surface area contributed by atoms with Gasteiger partial charge in [0.05, 0.1) is 56.9 Å². The molecule has 10 aromatic heterocycles. The number of thioether (sulfide) groups is 1. The Labute approximate surface area is 946 Å². The van der Waals surface area contributed by atoms with Crippen LogP contribution in [0.5, 0.6) is 0 Å². The molecule has 9 aliphatic carbocycles. The molecule has 1 aliphatic heterocycles. The third kappa shape index (κ3) is 75.4. The molecule has 0 radical (unpaired) electrons. The number of aryl methyl sites for hydroxylation is 13. The average molecular weight is 2160 g/mol. The van der Waals surface area contributed by atoms with E-state index in [0.29, 0.717) is 0 Å². The van der Waals surface area contributed by atoms with Crippen molar-refractivity contribution in [1.82, 2.24) is 34.9 Å². The van der Waals surface area contributed by atoms with Crippen LogP contribution < -0.4 is 0 Å². The van der Waals surface area contributed by atoms with Crippen LogP contribution in [0.25, 0.3) is 38.0 Å². The molecule has 3 N–H and O–H groups in total. The zero-order chi connectivity index (χ0) is 116. The van der Waals surface area contributed by atoms with Gasteiger partial charge in [-0.2, -0.15) is 0 Å². The number of thiophene rings is 2. The first kappa shape index (κ1) is 169. The summed E-state index contributed by atoms with van der Waals surface area (Å²) >= 11 is 9.19. The van der Waals surface area contributed by atoms with Crippen LogP contribution in [0.4, 0.5) is 0 Å². The molecule has 15 heteroatoms. The van der Waals surface area contributed by atoms with Crippen LogP contribution in [0.15, 0.2) is 216 Å². The van der Waals surface area contributed by atoms with E-state index in [-0.39, 0.29) is 7.43 Å². The molecule has 0 atom stereocenters. The van der Waals surface area contributed by atoms with Crippen molar-refractivity contribution >= 4 is 95.1 Å². The van der Waals surface area contributed by atoms with Crippen molar-refractivity contribution in [2.24, 2.45) is 11.8 Å². The summed E-state index contributed by atoms with van der Waals surface area (Å²) in [6, 6.07) is 45.7. The van der Waals surface area contributed by atoms with Gasteiger partial charge in [-0.3, -0.25) is 0 Å². The number of aromatic nitrogens is 7. The van der Waals surface area contributed by atoms with Crippen LogP contribution in [0.3, 0.4) is 0 Å². The molecule has 2 saturated carbocycles. The van der Waals surface area contributed by atoms with Crippen molar-refractivity contribution in [3.8, 4) is 0 Å². The van der Waals surface area contributed by atoms with Crippen molar-refractivity contribution in [3.63, 3.8) is 0 Å². The lowest BCUT2D eigenvalue weighted by Crippen LogP contribution is -1.95. The maximum atomic E-state index is 5.18. The molecule has 0 saturated heterocycles. The molecule has 0 bridgehead atoms. The number of thiazole rings is 2. The first-order valence-electron chi connectivity index (χ1n) is 60.4. The van der Waals surface area contributed by atoms with Gasteiger partial charge in [0.15, 0.2) is 6.39 Å². The van der Waals surface area contributed by atoms with Crippen LogP contribution in [-0.2, 0) is 89.9 Å². The number of rotatable bonds is 0. The van der Waals surface area contributed by atoms with E-state index in [0.717, 1.165) is 42.4 Å². The smallest absolute Gasteiger partial charge is 0.181 e. The minimum Gasteiger partial charge on any atom is -0.469 e. The highest BCUT2D eigenvalue weighted by atomic mass is 32.2. The minimum absolute atomic E-state index is 0. The Kier molecular flexibility index (Phi) is 156. The predicted octanol–water partition coefficient (Wildman–Crippen LogP) is 48.6. The fraction of sp³-hybridized carbons (Fsp3) is 0.582. The third-order valence-corrected chi connectivity index (χ3v) is 25.0. The SMILES string of the molecule is C.C1=Cc2ccccc2C1.C1CC2CCCC2C1.CC.CC.CC.CC.CC.CC.CC.CC.CC.CC.CC.CC.CC.CC.CC.CC.CC.CC.CC.CC.CC.CC.CC.CC.c1cc2c([nH]1)CCC2.c1cc2c(o1)CCC2.c1cc2c(s1)CCC2.c1ccc2[nH]ccc2c1.c1ccc2occc2c1.c1ccc2sccc2c1.c1nc2c([nH]1)CCC2.c1nc2c(o1)CCC2.c1nc2c(s1)CCC2.c1nc2c(s1)SCC2. The summed E-state index contributed by atoms with van der Waals surface area (Å²) < 4.78 is 18.2. The van der Waals surface area contributed by atoms with Crippen molar-refractivity contribution in [3.05, 3.63) is 282 Å². The number of oxazole rings is 1. The van der Waals surface area contributed by atoms with Gasteiger partial charge in [0, 0.05) is 74.2 Å². The summed E-state index contributed by atoms with van der Waals surface area (Å²) in [5, 5.41) is 8.10. The molecule has 2 fully saturated rings. The fourth-order valence-corrected chi connectivity index (χ4v) is 19.3. The van der Waals surface area contributed by atoms with Gasteiger partial charge in [0.25, 0.3) is 0 Å². The van der Waals surface area contributed by atoms with Crippen LogP contribution in [0, 0.1) is 11.8 Å². The Morgan fingerprint density at radius 1 is 0.289 bits per heavy atom. The monoisotopic (exact) mass is 2160 g/mol. The Morgan fingerprint density at radius 3 is 1.30 bits per heavy atom. The summed E-state index contributed by atoms with van der Waals surface area (Å²) in [4.78, 5) is 29.2. The molecule has 149 heavy (non-hydrogen) atoms. The van der Waals surface area contributed by atoms with Crippen LogP contribution in [0.2, 0.25) is 0 Å². The van der Waals surface area contributed by atoms with Gasteiger partial charge in [0.1, 0.15) is 17.1 Å². The molecular weight excluding hydrogens is 1920 g/mol. The number of hydrogen-bond acceptors (Lipinski definition) is 12. The molecule has 24 rings (SSSR count). The van der Waals surface area contributed by atoms with Crippen molar-refractivity contribution in [1.29, 1.82) is 0 Å².